The number of fused-ring (bicyclic) bond motifs is 1. The van der Waals surface area contributed by atoms with Gasteiger partial charge in [-0.25, -0.2) is 8.42 Å². The van der Waals surface area contributed by atoms with E-state index in [1.165, 1.54) is 16.1 Å². The number of hydrogen-bond donors (Lipinski definition) is 0. The maximum Gasteiger partial charge on any atom is 0.266 e. The Morgan fingerprint density at radius 3 is 2.53 bits per heavy atom. The zero-order valence-electron chi connectivity index (χ0n) is 20.3. The molecule has 9 nitrogen and oxygen atoms in total. The summed E-state index contributed by atoms with van der Waals surface area (Å²) in [7, 11) is -3.16. The Labute approximate surface area is 201 Å². The third-order valence-electron chi connectivity index (χ3n) is 7.02. The summed E-state index contributed by atoms with van der Waals surface area (Å²) in [5.74, 6) is 2.69. The summed E-state index contributed by atoms with van der Waals surface area (Å²) in [6.45, 7) is 8.89. The van der Waals surface area contributed by atoms with Crippen molar-refractivity contribution in [3.63, 3.8) is 0 Å². The molecule has 3 aliphatic heterocycles. The van der Waals surface area contributed by atoms with E-state index < -0.39 is 10.0 Å². The lowest BCUT2D eigenvalue weighted by Crippen LogP contribution is -2.39. The van der Waals surface area contributed by atoms with Crippen molar-refractivity contribution >= 4 is 21.5 Å². The molecule has 1 fully saturated rings. The fraction of sp³-hybridized carbons (Fsp3) is 0.625. The highest BCUT2D eigenvalue weighted by molar-refractivity contribution is 7.88. The van der Waals surface area contributed by atoms with Gasteiger partial charge in [-0.3, -0.25) is 4.98 Å². The monoisotopic (exact) mass is 487 g/mol. The fourth-order valence-corrected chi connectivity index (χ4v) is 5.68. The van der Waals surface area contributed by atoms with E-state index in [1.54, 1.807) is 0 Å². The van der Waals surface area contributed by atoms with Crippen molar-refractivity contribution in [2.45, 2.75) is 58.0 Å². The molecule has 1 saturated heterocycles. The van der Waals surface area contributed by atoms with Gasteiger partial charge in [0.25, 0.3) is 5.95 Å². The van der Waals surface area contributed by atoms with E-state index >= 15 is 0 Å². The lowest BCUT2D eigenvalue weighted by atomic mass is 9.89. The van der Waals surface area contributed by atoms with Crippen LogP contribution in [0.15, 0.2) is 22.9 Å². The Morgan fingerprint density at radius 2 is 1.91 bits per heavy atom. The van der Waals surface area contributed by atoms with Crippen molar-refractivity contribution in [1.82, 2.24) is 19.4 Å². The molecule has 0 unspecified atom stereocenters. The SMILES string of the molecule is CC(C)(C)c1nc(N2CCC([C@H]3Cc4cc(C5=CCN(S(C)(=O)=O)CC5)ncc4O3)CC2)no1. The average Bonchev–Trinajstić information content (AvgIpc) is 3.46. The molecule has 0 saturated carbocycles. The van der Waals surface area contributed by atoms with Gasteiger partial charge in [-0.15, -0.1) is 0 Å². The van der Waals surface area contributed by atoms with E-state index in [4.69, 9.17) is 9.26 Å². The molecule has 0 aliphatic carbocycles. The Bertz CT molecular complexity index is 1190. The van der Waals surface area contributed by atoms with Gasteiger partial charge in [-0.05, 0) is 42.0 Å². The van der Waals surface area contributed by atoms with Gasteiger partial charge in [0.15, 0.2) is 0 Å². The smallest absolute Gasteiger partial charge is 0.266 e. The van der Waals surface area contributed by atoms with Gasteiger partial charge in [0.05, 0.1) is 18.1 Å². The fourth-order valence-electron chi connectivity index (χ4n) is 4.91. The first-order valence-corrected chi connectivity index (χ1v) is 13.8. The van der Waals surface area contributed by atoms with Gasteiger partial charge in [0.1, 0.15) is 11.9 Å². The number of anilines is 1. The highest BCUT2D eigenvalue weighted by Gasteiger charge is 2.35. The molecule has 0 spiro atoms. The molecule has 0 bridgehead atoms. The molecule has 0 amide bonds. The summed E-state index contributed by atoms with van der Waals surface area (Å²) in [5, 5.41) is 4.19. The van der Waals surface area contributed by atoms with Crippen LogP contribution in [0.5, 0.6) is 5.75 Å². The maximum atomic E-state index is 11.8. The molecule has 5 heterocycles. The van der Waals surface area contributed by atoms with E-state index in [9.17, 15) is 8.42 Å². The number of piperidine rings is 1. The maximum absolute atomic E-state index is 11.8. The molecule has 1 atom stereocenters. The van der Waals surface area contributed by atoms with Crippen LogP contribution in [0.4, 0.5) is 5.95 Å². The lowest BCUT2D eigenvalue weighted by Gasteiger charge is -2.33. The number of sulfonamides is 1. The molecular weight excluding hydrogens is 454 g/mol. The molecule has 2 aromatic rings. The van der Waals surface area contributed by atoms with E-state index in [0.717, 1.165) is 49.4 Å². The van der Waals surface area contributed by atoms with Crippen molar-refractivity contribution < 1.29 is 17.7 Å². The second-order valence-electron chi connectivity index (χ2n) is 10.6. The number of hydrogen-bond acceptors (Lipinski definition) is 8. The zero-order valence-corrected chi connectivity index (χ0v) is 21.1. The molecule has 5 rings (SSSR count). The van der Waals surface area contributed by atoms with E-state index in [2.05, 4.69) is 46.9 Å². The van der Waals surface area contributed by atoms with Crippen molar-refractivity contribution in [2.75, 3.05) is 37.3 Å². The third kappa shape index (κ3) is 4.70. The van der Waals surface area contributed by atoms with Gasteiger partial charge in [-0.1, -0.05) is 26.8 Å². The topological polar surface area (TPSA) is 102 Å². The van der Waals surface area contributed by atoms with Crippen LogP contribution < -0.4 is 9.64 Å². The minimum atomic E-state index is -3.16. The van der Waals surface area contributed by atoms with Crippen LogP contribution in [0.25, 0.3) is 5.57 Å². The first-order valence-electron chi connectivity index (χ1n) is 12.0. The lowest BCUT2D eigenvalue weighted by molar-refractivity contribution is 0.138. The van der Waals surface area contributed by atoms with Crippen LogP contribution in [0, 0.1) is 5.92 Å². The van der Waals surface area contributed by atoms with Gasteiger partial charge in [0.2, 0.25) is 15.9 Å². The van der Waals surface area contributed by atoms with Gasteiger partial charge < -0.3 is 14.2 Å². The van der Waals surface area contributed by atoms with Crippen LogP contribution in [-0.4, -0.2) is 66.4 Å². The van der Waals surface area contributed by atoms with E-state index in [1.807, 2.05) is 12.3 Å². The molecule has 2 aromatic heterocycles. The second kappa shape index (κ2) is 8.64. The van der Waals surface area contributed by atoms with E-state index in [-0.39, 0.29) is 11.5 Å². The van der Waals surface area contributed by atoms with Crippen LogP contribution in [0.2, 0.25) is 0 Å². The van der Waals surface area contributed by atoms with Crippen molar-refractivity contribution in [2.24, 2.45) is 5.92 Å². The quantitative estimate of drug-likeness (QED) is 0.649. The summed E-state index contributed by atoms with van der Waals surface area (Å²) in [4.78, 5) is 11.4. The second-order valence-corrected chi connectivity index (χ2v) is 12.6. The van der Waals surface area contributed by atoms with Gasteiger partial charge in [-0.2, -0.15) is 9.29 Å². The molecule has 3 aliphatic rings. The van der Waals surface area contributed by atoms with Crippen LogP contribution in [0.3, 0.4) is 0 Å². The van der Waals surface area contributed by atoms with Crippen LogP contribution in [-0.2, 0) is 21.9 Å². The summed E-state index contributed by atoms with van der Waals surface area (Å²) >= 11 is 0. The molecule has 0 N–H and O–H groups in total. The van der Waals surface area contributed by atoms with Gasteiger partial charge in [0, 0.05) is 43.6 Å². The molecule has 0 aromatic carbocycles. The zero-order chi connectivity index (χ0) is 24.1. The van der Waals surface area contributed by atoms with Crippen molar-refractivity contribution in [1.29, 1.82) is 0 Å². The van der Waals surface area contributed by atoms with Crippen molar-refractivity contribution in [3.8, 4) is 5.75 Å². The van der Waals surface area contributed by atoms with Gasteiger partial charge >= 0.3 is 0 Å². The number of aromatic nitrogens is 3. The minimum Gasteiger partial charge on any atom is -0.488 e. The highest BCUT2D eigenvalue weighted by atomic mass is 32.2. The molecular formula is C24H33N5O4S. The number of nitrogens with zero attached hydrogens (tertiary/aromatic N) is 5. The van der Waals surface area contributed by atoms with Crippen LogP contribution in [0.1, 0.15) is 57.2 Å². The summed E-state index contributed by atoms with van der Waals surface area (Å²) < 4.78 is 36.8. The van der Waals surface area contributed by atoms with E-state index in [0.29, 0.717) is 37.3 Å². The Kier molecular flexibility index (Phi) is 5.92. The standard InChI is InChI=1S/C24H33N5O4S/c1-24(2,3)22-26-23(27-33-22)28-9-5-17(6-10-28)20-14-18-13-19(25-15-21(18)32-20)16-7-11-29(12-8-16)34(4,30)31/h7,13,15,17,20H,5-6,8-12,14H2,1-4H3/t20-/m1/s1. The predicted molar refractivity (Wildman–Crippen MR) is 129 cm³/mol. The predicted octanol–water partition coefficient (Wildman–Crippen LogP) is 3.03. The highest BCUT2D eigenvalue weighted by Crippen LogP contribution is 2.37. The molecule has 34 heavy (non-hydrogen) atoms. The van der Waals surface area contributed by atoms with Crippen molar-refractivity contribution in [3.05, 3.63) is 35.5 Å². The summed E-state index contributed by atoms with van der Waals surface area (Å²) in [5.41, 5.74) is 3.07. The largest absolute Gasteiger partial charge is 0.488 e. The molecule has 10 heteroatoms. The van der Waals surface area contributed by atoms with Crippen LogP contribution >= 0.6 is 0 Å². The molecule has 184 valence electrons. The average molecular weight is 488 g/mol. The number of ether oxygens (including phenoxy) is 1. The summed E-state index contributed by atoms with van der Waals surface area (Å²) in [6.07, 6.45) is 8.82. The first kappa shape index (κ1) is 23.3. The normalized spacial score (nSPS) is 22.4. The Hall–Kier alpha value is -2.46. The Balaban J connectivity index is 1.19. The minimum absolute atomic E-state index is 0.152. The first-order chi connectivity index (χ1) is 16.1. The number of rotatable bonds is 4. The molecule has 0 radical (unpaired) electrons. The third-order valence-corrected chi connectivity index (χ3v) is 8.29. The Morgan fingerprint density at radius 1 is 1.15 bits per heavy atom. The number of pyridine rings is 1. The summed E-state index contributed by atoms with van der Waals surface area (Å²) in [6, 6.07) is 2.12.